The fourth-order valence-corrected chi connectivity index (χ4v) is 7.17. The number of methoxy groups -OCH3 is 1. The Hall–Kier alpha value is -0.620. The van der Waals surface area contributed by atoms with Crippen molar-refractivity contribution >= 4 is 21.6 Å². The lowest BCUT2D eigenvalue weighted by molar-refractivity contribution is -0.185. The van der Waals surface area contributed by atoms with Gasteiger partial charge < -0.3 is 4.74 Å². The topological polar surface area (TPSA) is 55.4 Å². The van der Waals surface area contributed by atoms with Gasteiger partial charge in [-0.2, -0.15) is 0 Å². The first-order valence-corrected chi connectivity index (χ1v) is 11.2. The van der Waals surface area contributed by atoms with Crippen LogP contribution in [0.5, 0.6) is 0 Å². The highest BCUT2D eigenvalue weighted by Gasteiger charge is 2.57. The van der Waals surface area contributed by atoms with Crippen molar-refractivity contribution < 1.29 is 13.2 Å². The molecule has 0 radical (unpaired) electrons. The van der Waals surface area contributed by atoms with Crippen LogP contribution in [0.4, 0.5) is 0 Å². The summed E-state index contributed by atoms with van der Waals surface area (Å²) in [4.78, 5) is 0. The molecule has 0 amide bonds. The predicted octanol–water partition coefficient (Wildman–Crippen LogP) is 3.60. The smallest absolute Gasteiger partial charge is 0.215 e. The van der Waals surface area contributed by atoms with Gasteiger partial charge >= 0.3 is 0 Å². The van der Waals surface area contributed by atoms with Crippen LogP contribution in [0.1, 0.15) is 37.7 Å². The van der Waals surface area contributed by atoms with Gasteiger partial charge in [-0.05, 0) is 73.5 Å². The van der Waals surface area contributed by atoms with Crippen molar-refractivity contribution in [1.29, 1.82) is 0 Å². The highest BCUT2D eigenvalue weighted by atomic mass is 35.5. The number of sulfonamides is 1. The Balaban J connectivity index is 1.47. The third kappa shape index (κ3) is 3.36. The third-order valence-electron chi connectivity index (χ3n) is 6.71. The lowest BCUT2D eigenvalue weighted by atomic mass is 9.50. The zero-order chi connectivity index (χ0) is 17.7. The van der Waals surface area contributed by atoms with Gasteiger partial charge in [0, 0.05) is 18.7 Å². The zero-order valence-electron chi connectivity index (χ0n) is 14.6. The van der Waals surface area contributed by atoms with Crippen molar-refractivity contribution in [2.75, 3.05) is 13.7 Å². The van der Waals surface area contributed by atoms with Crippen molar-refractivity contribution in [3.8, 4) is 0 Å². The molecule has 4 fully saturated rings. The lowest BCUT2D eigenvalue weighted by Crippen LogP contribution is -2.63. The molecule has 0 spiro atoms. The summed E-state index contributed by atoms with van der Waals surface area (Å²) in [5, 5.41) is 0.557. The van der Waals surface area contributed by atoms with Crippen molar-refractivity contribution in [2.45, 2.75) is 43.5 Å². The summed E-state index contributed by atoms with van der Waals surface area (Å²) in [5.74, 6) is 2.58. The average molecular weight is 384 g/mol. The van der Waals surface area contributed by atoms with Crippen LogP contribution in [-0.4, -0.2) is 27.7 Å². The highest BCUT2D eigenvalue weighted by molar-refractivity contribution is 7.88. The molecule has 5 rings (SSSR count). The number of rotatable bonds is 6. The van der Waals surface area contributed by atoms with E-state index in [1.165, 1.54) is 32.1 Å². The van der Waals surface area contributed by atoms with Gasteiger partial charge in [0.15, 0.2) is 0 Å². The fourth-order valence-electron chi connectivity index (χ4n) is 5.80. The molecule has 4 aliphatic carbocycles. The van der Waals surface area contributed by atoms with Crippen molar-refractivity contribution in [1.82, 2.24) is 4.72 Å². The first-order valence-electron chi connectivity index (χ1n) is 9.17. The molecular formula is C19H26ClNO3S. The highest BCUT2D eigenvalue weighted by Crippen LogP contribution is 2.59. The largest absolute Gasteiger partial charge is 0.376 e. The molecule has 1 aromatic carbocycles. The van der Waals surface area contributed by atoms with Crippen molar-refractivity contribution in [3.63, 3.8) is 0 Å². The Morgan fingerprint density at radius 3 is 2.36 bits per heavy atom. The van der Waals surface area contributed by atoms with Crippen LogP contribution < -0.4 is 4.72 Å². The molecule has 0 atom stereocenters. The third-order valence-corrected chi connectivity index (χ3v) is 8.25. The predicted molar refractivity (Wildman–Crippen MR) is 98.9 cm³/mol. The van der Waals surface area contributed by atoms with Crippen LogP contribution in [0.2, 0.25) is 5.02 Å². The Morgan fingerprint density at radius 1 is 1.16 bits per heavy atom. The van der Waals surface area contributed by atoms with Gasteiger partial charge in [-0.3, -0.25) is 0 Å². The summed E-state index contributed by atoms with van der Waals surface area (Å²) >= 11 is 5.96. The summed E-state index contributed by atoms with van der Waals surface area (Å²) in [6, 6.07) is 7.02. The monoisotopic (exact) mass is 383 g/mol. The number of ether oxygens (including phenoxy) is 1. The van der Waals surface area contributed by atoms with E-state index >= 15 is 0 Å². The van der Waals surface area contributed by atoms with E-state index in [1.54, 1.807) is 31.4 Å². The van der Waals surface area contributed by atoms with Gasteiger partial charge in [-0.25, -0.2) is 13.1 Å². The van der Waals surface area contributed by atoms with E-state index in [-0.39, 0.29) is 11.4 Å². The summed E-state index contributed by atoms with van der Waals surface area (Å²) < 4.78 is 34.1. The molecule has 0 heterocycles. The van der Waals surface area contributed by atoms with Gasteiger partial charge in [0.2, 0.25) is 10.0 Å². The molecule has 4 aliphatic rings. The van der Waals surface area contributed by atoms with Gasteiger partial charge in [-0.1, -0.05) is 23.7 Å². The molecule has 4 nitrogen and oxygen atoms in total. The maximum absolute atomic E-state index is 12.6. The molecule has 0 saturated heterocycles. The van der Waals surface area contributed by atoms with Gasteiger partial charge in [0.1, 0.15) is 0 Å². The van der Waals surface area contributed by atoms with Crippen LogP contribution in [-0.2, 0) is 20.5 Å². The molecule has 0 unspecified atom stereocenters. The molecule has 6 heteroatoms. The fraction of sp³-hybridized carbons (Fsp3) is 0.684. The maximum Gasteiger partial charge on any atom is 0.215 e. The minimum absolute atomic E-state index is 0.0477. The van der Waals surface area contributed by atoms with Crippen LogP contribution in [0.25, 0.3) is 0 Å². The van der Waals surface area contributed by atoms with Crippen LogP contribution in [0.15, 0.2) is 24.3 Å². The SMILES string of the molecule is COC1(CNS(=O)(=O)Cc2cccc(Cl)c2)C2CC3CC(C2)CC1C3. The Labute approximate surface area is 155 Å². The number of benzene rings is 1. The van der Waals surface area contributed by atoms with Crippen molar-refractivity contribution in [3.05, 3.63) is 34.9 Å². The minimum atomic E-state index is -3.42. The lowest BCUT2D eigenvalue weighted by Gasteiger charge is -2.60. The molecule has 0 aliphatic heterocycles. The molecule has 4 bridgehead atoms. The second-order valence-corrected chi connectivity index (χ2v) is 10.4. The van der Waals surface area contributed by atoms with E-state index < -0.39 is 10.0 Å². The standard InChI is InChI=1S/C19H26ClNO3S/c1-24-19(16-6-14-5-15(8-16)9-17(19)7-14)12-21-25(22,23)11-13-3-2-4-18(20)10-13/h2-4,10,14-17,21H,5-9,11-12H2,1H3. The molecule has 1 aromatic rings. The summed E-state index contributed by atoms with van der Waals surface area (Å²) in [6.07, 6.45) is 6.13. The van der Waals surface area contributed by atoms with Crippen LogP contribution in [0.3, 0.4) is 0 Å². The van der Waals surface area contributed by atoms with Crippen molar-refractivity contribution in [2.24, 2.45) is 23.7 Å². The summed E-state index contributed by atoms with van der Waals surface area (Å²) in [6.45, 7) is 0.390. The van der Waals surface area contributed by atoms with Gasteiger partial charge in [0.05, 0.1) is 11.4 Å². The summed E-state index contributed by atoms with van der Waals surface area (Å²) in [7, 11) is -1.66. The second-order valence-electron chi connectivity index (χ2n) is 8.17. The van der Waals surface area contributed by atoms with Crippen LogP contribution in [0, 0.1) is 23.7 Å². The quantitative estimate of drug-likeness (QED) is 0.816. The number of halogens is 1. The first-order chi connectivity index (χ1) is 11.9. The average Bonchev–Trinajstić information content (AvgIpc) is 2.54. The van der Waals surface area contributed by atoms with E-state index in [2.05, 4.69) is 4.72 Å². The van der Waals surface area contributed by atoms with E-state index in [9.17, 15) is 8.42 Å². The molecule has 0 aromatic heterocycles. The number of hydrogen-bond donors (Lipinski definition) is 1. The van der Waals surface area contributed by atoms with Crippen LogP contribution >= 0.6 is 11.6 Å². The second kappa shape index (κ2) is 6.52. The molecular weight excluding hydrogens is 358 g/mol. The Kier molecular flexibility index (Phi) is 4.64. The first kappa shape index (κ1) is 17.8. The molecule has 4 saturated carbocycles. The zero-order valence-corrected chi connectivity index (χ0v) is 16.2. The summed E-state index contributed by atoms with van der Waals surface area (Å²) in [5.41, 5.74) is 0.381. The Morgan fingerprint density at radius 2 is 1.80 bits per heavy atom. The molecule has 138 valence electrons. The number of hydrogen-bond acceptors (Lipinski definition) is 3. The van der Waals surface area contributed by atoms with Gasteiger partial charge in [-0.15, -0.1) is 0 Å². The molecule has 1 N–H and O–H groups in total. The Bertz CT molecular complexity index is 721. The number of nitrogens with one attached hydrogen (secondary N) is 1. The van der Waals surface area contributed by atoms with E-state index in [0.29, 0.717) is 29.0 Å². The normalized spacial score (nSPS) is 36.7. The van der Waals surface area contributed by atoms with E-state index in [0.717, 1.165) is 11.8 Å². The minimum Gasteiger partial charge on any atom is -0.376 e. The maximum atomic E-state index is 12.6. The van der Waals surface area contributed by atoms with Gasteiger partial charge in [0.25, 0.3) is 0 Å². The van der Waals surface area contributed by atoms with E-state index in [1.807, 2.05) is 0 Å². The van der Waals surface area contributed by atoms with E-state index in [4.69, 9.17) is 16.3 Å². The molecule has 25 heavy (non-hydrogen) atoms.